The van der Waals surface area contributed by atoms with Crippen molar-refractivity contribution in [1.29, 1.82) is 0 Å². The highest BCUT2D eigenvalue weighted by molar-refractivity contribution is 5.42. The van der Waals surface area contributed by atoms with Crippen molar-refractivity contribution in [3.05, 3.63) is 23.8 Å². The maximum atomic E-state index is 9.34. The molecule has 0 unspecified atom stereocenters. The van der Waals surface area contributed by atoms with Crippen LogP contribution >= 0.6 is 0 Å². The largest absolute Gasteiger partial charge is 0.493 e. The predicted molar refractivity (Wildman–Crippen MR) is 83.9 cm³/mol. The summed E-state index contributed by atoms with van der Waals surface area (Å²) in [5, 5.41) is 9.34. The van der Waals surface area contributed by atoms with Crippen LogP contribution < -0.4 is 9.47 Å². The van der Waals surface area contributed by atoms with Crippen molar-refractivity contribution in [3.8, 4) is 11.5 Å². The number of hydrogen-bond acceptors (Lipinski definition) is 4. The second kappa shape index (κ2) is 8.25. The zero-order chi connectivity index (χ0) is 15.1. The predicted octanol–water partition coefficient (Wildman–Crippen LogP) is 2.83. The maximum absolute atomic E-state index is 9.34. The van der Waals surface area contributed by atoms with E-state index in [2.05, 4.69) is 11.0 Å². The van der Waals surface area contributed by atoms with Crippen molar-refractivity contribution in [2.24, 2.45) is 0 Å². The van der Waals surface area contributed by atoms with Gasteiger partial charge >= 0.3 is 0 Å². The van der Waals surface area contributed by atoms with Gasteiger partial charge in [0.25, 0.3) is 0 Å². The molecule has 1 saturated carbocycles. The van der Waals surface area contributed by atoms with Gasteiger partial charge in [-0.2, -0.15) is 0 Å². The van der Waals surface area contributed by atoms with Crippen molar-refractivity contribution in [2.45, 2.75) is 44.7 Å². The summed E-state index contributed by atoms with van der Waals surface area (Å²) < 4.78 is 10.7. The fourth-order valence-corrected chi connectivity index (χ4v) is 3.18. The van der Waals surface area contributed by atoms with Crippen molar-refractivity contribution in [1.82, 2.24) is 4.90 Å². The highest BCUT2D eigenvalue weighted by Crippen LogP contribution is 2.29. The Morgan fingerprint density at radius 3 is 2.43 bits per heavy atom. The molecule has 0 amide bonds. The minimum absolute atomic E-state index is 0.212. The SMILES string of the molecule is COc1ccc(CN(CCO)C2CCCCC2)cc1OC. The van der Waals surface area contributed by atoms with Crippen LogP contribution in [-0.2, 0) is 6.54 Å². The Labute approximate surface area is 127 Å². The smallest absolute Gasteiger partial charge is 0.161 e. The van der Waals surface area contributed by atoms with Crippen LogP contribution in [0.25, 0.3) is 0 Å². The summed E-state index contributed by atoms with van der Waals surface area (Å²) in [5.74, 6) is 1.52. The lowest BCUT2D eigenvalue weighted by Crippen LogP contribution is -2.38. The Hall–Kier alpha value is -1.26. The van der Waals surface area contributed by atoms with Crippen LogP contribution in [0.2, 0.25) is 0 Å². The first-order valence-electron chi connectivity index (χ1n) is 7.84. The molecule has 2 rings (SSSR count). The number of benzene rings is 1. The standard InChI is InChI=1S/C17H27NO3/c1-20-16-9-8-14(12-17(16)21-2)13-18(10-11-19)15-6-4-3-5-7-15/h8-9,12,15,19H,3-7,10-11,13H2,1-2H3. The highest BCUT2D eigenvalue weighted by atomic mass is 16.5. The third-order valence-corrected chi connectivity index (χ3v) is 4.31. The zero-order valence-corrected chi connectivity index (χ0v) is 13.2. The molecule has 1 N–H and O–H groups in total. The van der Waals surface area contributed by atoms with Gasteiger partial charge < -0.3 is 14.6 Å². The quantitative estimate of drug-likeness (QED) is 0.839. The molecule has 21 heavy (non-hydrogen) atoms. The molecular formula is C17H27NO3. The van der Waals surface area contributed by atoms with E-state index in [1.54, 1.807) is 14.2 Å². The van der Waals surface area contributed by atoms with Crippen LogP contribution in [0.4, 0.5) is 0 Å². The van der Waals surface area contributed by atoms with Crippen LogP contribution in [0, 0.1) is 0 Å². The van der Waals surface area contributed by atoms with Gasteiger partial charge in [0.05, 0.1) is 20.8 Å². The van der Waals surface area contributed by atoms with E-state index in [1.807, 2.05) is 12.1 Å². The number of aliphatic hydroxyl groups excluding tert-OH is 1. The molecule has 4 heteroatoms. The summed E-state index contributed by atoms with van der Waals surface area (Å²) in [5.41, 5.74) is 1.20. The first-order valence-corrected chi connectivity index (χ1v) is 7.84. The van der Waals surface area contributed by atoms with Crippen LogP contribution in [0.3, 0.4) is 0 Å². The summed E-state index contributed by atoms with van der Waals surface area (Å²) in [4.78, 5) is 2.40. The zero-order valence-electron chi connectivity index (χ0n) is 13.2. The lowest BCUT2D eigenvalue weighted by molar-refractivity contribution is 0.117. The topological polar surface area (TPSA) is 41.9 Å². The molecule has 4 nitrogen and oxygen atoms in total. The maximum Gasteiger partial charge on any atom is 0.161 e. The summed E-state index contributed by atoms with van der Waals surface area (Å²) in [6.45, 7) is 1.80. The van der Waals surface area contributed by atoms with Crippen LogP contribution in [-0.4, -0.2) is 43.4 Å². The third kappa shape index (κ3) is 4.35. The minimum Gasteiger partial charge on any atom is -0.493 e. The summed E-state index contributed by atoms with van der Waals surface area (Å²) in [7, 11) is 3.31. The van der Waals surface area contributed by atoms with Gasteiger partial charge in [-0.3, -0.25) is 4.90 Å². The van der Waals surface area contributed by atoms with Crippen LogP contribution in [0.5, 0.6) is 11.5 Å². The number of hydrogen-bond donors (Lipinski definition) is 1. The normalized spacial score (nSPS) is 16.2. The molecule has 1 fully saturated rings. The number of ether oxygens (including phenoxy) is 2. The molecule has 0 heterocycles. The molecule has 0 spiro atoms. The molecule has 1 aromatic carbocycles. The first kappa shape index (κ1) is 16.1. The van der Waals surface area contributed by atoms with Gasteiger partial charge in [-0.25, -0.2) is 0 Å². The molecule has 0 aliphatic heterocycles. The molecule has 0 radical (unpaired) electrons. The van der Waals surface area contributed by atoms with Gasteiger partial charge in [0.1, 0.15) is 0 Å². The Morgan fingerprint density at radius 2 is 1.81 bits per heavy atom. The van der Waals surface area contributed by atoms with Gasteiger partial charge in [-0.15, -0.1) is 0 Å². The molecule has 0 bridgehead atoms. The highest BCUT2D eigenvalue weighted by Gasteiger charge is 2.21. The van der Waals surface area contributed by atoms with Gasteiger partial charge in [0.2, 0.25) is 0 Å². The number of methoxy groups -OCH3 is 2. The van der Waals surface area contributed by atoms with Gasteiger partial charge in [-0.1, -0.05) is 25.3 Å². The fourth-order valence-electron chi connectivity index (χ4n) is 3.18. The average Bonchev–Trinajstić information content (AvgIpc) is 2.55. The fraction of sp³-hybridized carbons (Fsp3) is 0.647. The molecule has 0 atom stereocenters. The Kier molecular flexibility index (Phi) is 6.33. The molecule has 1 aliphatic rings. The van der Waals surface area contributed by atoms with E-state index >= 15 is 0 Å². The lowest BCUT2D eigenvalue weighted by Gasteiger charge is -2.34. The van der Waals surface area contributed by atoms with E-state index in [9.17, 15) is 5.11 Å². The monoisotopic (exact) mass is 293 g/mol. The number of aliphatic hydroxyl groups is 1. The lowest BCUT2D eigenvalue weighted by atomic mass is 9.94. The summed E-state index contributed by atoms with van der Waals surface area (Å²) in [6.07, 6.45) is 6.44. The molecule has 1 aromatic rings. The first-order chi connectivity index (χ1) is 10.3. The molecule has 0 aromatic heterocycles. The molecular weight excluding hydrogens is 266 g/mol. The van der Waals surface area contributed by atoms with Crippen LogP contribution in [0.1, 0.15) is 37.7 Å². The third-order valence-electron chi connectivity index (χ3n) is 4.31. The van der Waals surface area contributed by atoms with Crippen molar-refractivity contribution >= 4 is 0 Å². The van der Waals surface area contributed by atoms with E-state index < -0.39 is 0 Å². The van der Waals surface area contributed by atoms with E-state index in [4.69, 9.17) is 9.47 Å². The Balaban J connectivity index is 2.08. The number of rotatable bonds is 7. The molecule has 1 aliphatic carbocycles. The van der Waals surface area contributed by atoms with Crippen molar-refractivity contribution in [3.63, 3.8) is 0 Å². The van der Waals surface area contributed by atoms with E-state index in [1.165, 1.54) is 37.7 Å². The van der Waals surface area contributed by atoms with Crippen LogP contribution in [0.15, 0.2) is 18.2 Å². The van der Waals surface area contributed by atoms with Gasteiger partial charge in [-0.05, 0) is 30.5 Å². The molecule has 0 saturated heterocycles. The Morgan fingerprint density at radius 1 is 1.10 bits per heavy atom. The minimum atomic E-state index is 0.212. The average molecular weight is 293 g/mol. The number of nitrogens with zero attached hydrogens (tertiary/aromatic N) is 1. The van der Waals surface area contributed by atoms with Crippen molar-refractivity contribution < 1.29 is 14.6 Å². The van der Waals surface area contributed by atoms with Gasteiger partial charge in [0, 0.05) is 19.1 Å². The van der Waals surface area contributed by atoms with Gasteiger partial charge in [0.15, 0.2) is 11.5 Å². The summed E-state index contributed by atoms with van der Waals surface area (Å²) in [6, 6.07) is 6.66. The van der Waals surface area contributed by atoms with Crippen molar-refractivity contribution in [2.75, 3.05) is 27.4 Å². The second-order valence-corrected chi connectivity index (χ2v) is 5.68. The second-order valence-electron chi connectivity index (χ2n) is 5.68. The van der Waals surface area contributed by atoms with E-state index in [0.717, 1.165) is 24.6 Å². The summed E-state index contributed by atoms with van der Waals surface area (Å²) >= 11 is 0. The molecule has 118 valence electrons. The van der Waals surface area contributed by atoms with E-state index in [0.29, 0.717) is 6.04 Å². The van der Waals surface area contributed by atoms with E-state index in [-0.39, 0.29) is 6.61 Å². The Bertz CT molecular complexity index is 430.